The molecule has 0 N–H and O–H groups in total. The molecule has 0 atom stereocenters. The minimum atomic E-state index is -0.558. The number of esters is 1. The highest BCUT2D eigenvalue weighted by Gasteiger charge is 2.20. The SMILES string of the molecule is CCC(=O)OCc1cc(OC)c(OC)cc1[N+](=O)[O-]. The Kier molecular flexibility index (Phi) is 5.11. The van der Waals surface area contributed by atoms with Crippen LogP contribution in [0.4, 0.5) is 5.69 Å². The summed E-state index contributed by atoms with van der Waals surface area (Å²) in [6.07, 6.45) is 0.209. The number of benzene rings is 1. The molecular weight excluding hydrogens is 254 g/mol. The topological polar surface area (TPSA) is 87.9 Å². The molecule has 0 aliphatic rings. The molecule has 7 nitrogen and oxygen atoms in total. The van der Waals surface area contributed by atoms with Crippen molar-refractivity contribution in [2.75, 3.05) is 14.2 Å². The van der Waals surface area contributed by atoms with Gasteiger partial charge in [0.05, 0.1) is 30.8 Å². The van der Waals surface area contributed by atoms with Crippen LogP contribution in [0, 0.1) is 10.1 Å². The second-order valence-electron chi connectivity index (χ2n) is 3.61. The van der Waals surface area contributed by atoms with Crippen molar-refractivity contribution in [3.8, 4) is 11.5 Å². The van der Waals surface area contributed by atoms with Crippen LogP contribution in [0.1, 0.15) is 18.9 Å². The molecule has 7 heteroatoms. The summed E-state index contributed by atoms with van der Waals surface area (Å²) in [5.41, 5.74) is 0.0750. The zero-order valence-electron chi connectivity index (χ0n) is 11.0. The average molecular weight is 269 g/mol. The first-order valence-electron chi connectivity index (χ1n) is 5.58. The normalized spacial score (nSPS) is 9.84. The minimum Gasteiger partial charge on any atom is -0.493 e. The molecule has 1 aromatic carbocycles. The first-order valence-corrected chi connectivity index (χ1v) is 5.58. The van der Waals surface area contributed by atoms with E-state index < -0.39 is 10.9 Å². The summed E-state index contributed by atoms with van der Waals surface area (Å²) >= 11 is 0. The van der Waals surface area contributed by atoms with Gasteiger partial charge in [0.25, 0.3) is 5.69 Å². The Morgan fingerprint density at radius 3 is 2.32 bits per heavy atom. The Hall–Kier alpha value is -2.31. The number of rotatable bonds is 6. The number of carbonyl (C=O) groups excluding carboxylic acids is 1. The predicted molar refractivity (Wildman–Crippen MR) is 66.3 cm³/mol. The molecule has 104 valence electrons. The number of hydrogen-bond donors (Lipinski definition) is 0. The van der Waals surface area contributed by atoms with Crippen LogP contribution in [0.25, 0.3) is 0 Å². The number of hydrogen-bond acceptors (Lipinski definition) is 6. The van der Waals surface area contributed by atoms with Crippen LogP contribution < -0.4 is 9.47 Å². The van der Waals surface area contributed by atoms with Crippen molar-refractivity contribution < 1.29 is 23.9 Å². The molecule has 0 saturated carbocycles. The Morgan fingerprint density at radius 2 is 1.84 bits per heavy atom. The van der Waals surface area contributed by atoms with Gasteiger partial charge in [-0.1, -0.05) is 6.92 Å². The van der Waals surface area contributed by atoms with Crippen molar-refractivity contribution in [2.45, 2.75) is 20.0 Å². The van der Waals surface area contributed by atoms with Gasteiger partial charge in [0.1, 0.15) is 6.61 Å². The van der Waals surface area contributed by atoms with Gasteiger partial charge in [-0.2, -0.15) is 0 Å². The molecule has 0 aliphatic carbocycles. The lowest BCUT2D eigenvalue weighted by Crippen LogP contribution is -2.05. The van der Waals surface area contributed by atoms with Gasteiger partial charge in [-0.05, 0) is 6.07 Å². The van der Waals surface area contributed by atoms with E-state index in [0.717, 1.165) is 0 Å². The second kappa shape index (κ2) is 6.58. The average Bonchev–Trinajstić information content (AvgIpc) is 2.43. The number of methoxy groups -OCH3 is 2. The third-order valence-electron chi connectivity index (χ3n) is 2.46. The number of ether oxygens (including phenoxy) is 3. The maximum Gasteiger partial charge on any atom is 0.305 e. The van der Waals surface area contributed by atoms with E-state index in [1.807, 2.05) is 0 Å². The molecule has 1 aromatic rings. The molecule has 0 saturated heterocycles. The Balaban J connectivity index is 3.12. The standard InChI is InChI=1S/C12H15NO6/c1-4-12(14)19-7-8-5-10(17-2)11(18-3)6-9(8)13(15)16/h5-6H,4,7H2,1-3H3. The van der Waals surface area contributed by atoms with Gasteiger partial charge in [-0.15, -0.1) is 0 Å². The van der Waals surface area contributed by atoms with Crippen LogP contribution in [0.2, 0.25) is 0 Å². The molecule has 0 fully saturated rings. The third-order valence-corrected chi connectivity index (χ3v) is 2.46. The van der Waals surface area contributed by atoms with Gasteiger partial charge in [-0.25, -0.2) is 0 Å². The molecule has 0 amide bonds. The third kappa shape index (κ3) is 3.57. The molecule has 1 rings (SSSR count). The maximum atomic E-state index is 11.1. The lowest BCUT2D eigenvalue weighted by molar-refractivity contribution is -0.385. The first-order chi connectivity index (χ1) is 9.03. The number of nitrogens with zero attached hydrogens (tertiary/aromatic N) is 1. The molecule has 0 spiro atoms. The van der Waals surface area contributed by atoms with E-state index in [4.69, 9.17) is 14.2 Å². The highest BCUT2D eigenvalue weighted by molar-refractivity contribution is 5.69. The molecule has 19 heavy (non-hydrogen) atoms. The zero-order valence-corrected chi connectivity index (χ0v) is 11.0. The highest BCUT2D eigenvalue weighted by atomic mass is 16.6. The van der Waals surface area contributed by atoms with E-state index in [0.29, 0.717) is 5.75 Å². The van der Waals surface area contributed by atoms with Gasteiger partial charge in [-0.3, -0.25) is 14.9 Å². The van der Waals surface area contributed by atoms with Crippen molar-refractivity contribution in [1.29, 1.82) is 0 Å². The quantitative estimate of drug-likeness (QED) is 0.446. The van der Waals surface area contributed by atoms with E-state index >= 15 is 0 Å². The lowest BCUT2D eigenvalue weighted by atomic mass is 10.1. The summed E-state index contributed by atoms with van der Waals surface area (Å²) in [5.74, 6) is 0.166. The summed E-state index contributed by atoms with van der Waals surface area (Å²) in [7, 11) is 2.81. The van der Waals surface area contributed by atoms with Crippen LogP contribution in [-0.4, -0.2) is 25.1 Å². The lowest BCUT2D eigenvalue weighted by Gasteiger charge is -2.10. The van der Waals surface area contributed by atoms with Crippen molar-refractivity contribution >= 4 is 11.7 Å². The zero-order chi connectivity index (χ0) is 14.4. The number of nitro groups is 1. The molecule has 0 radical (unpaired) electrons. The predicted octanol–water partition coefficient (Wildman–Crippen LogP) is 2.07. The summed E-state index contributed by atoms with van der Waals surface area (Å²) in [5, 5.41) is 11.0. The van der Waals surface area contributed by atoms with Crippen molar-refractivity contribution in [2.24, 2.45) is 0 Å². The van der Waals surface area contributed by atoms with Crippen molar-refractivity contribution in [1.82, 2.24) is 0 Å². The Labute approximate surface area is 110 Å². The van der Waals surface area contributed by atoms with E-state index in [1.165, 1.54) is 26.4 Å². The van der Waals surface area contributed by atoms with Crippen LogP contribution in [0.3, 0.4) is 0 Å². The maximum absolute atomic E-state index is 11.1. The van der Waals surface area contributed by atoms with E-state index in [-0.39, 0.29) is 30.0 Å². The van der Waals surface area contributed by atoms with Crippen LogP contribution in [-0.2, 0) is 16.1 Å². The monoisotopic (exact) mass is 269 g/mol. The largest absolute Gasteiger partial charge is 0.493 e. The first kappa shape index (κ1) is 14.7. The van der Waals surface area contributed by atoms with Crippen LogP contribution in [0.5, 0.6) is 11.5 Å². The number of carbonyl (C=O) groups is 1. The highest BCUT2D eigenvalue weighted by Crippen LogP contribution is 2.34. The molecule has 0 aliphatic heterocycles. The van der Waals surface area contributed by atoms with E-state index in [2.05, 4.69) is 0 Å². The molecule has 0 aromatic heterocycles. The van der Waals surface area contributed by atoms with E-state index in [9.17, 15) is 14.9 Å². The summed E-state index contributed by atoms with van der Waals surface area (Å²) in [6, 6.07) is 2.67. The molecule has 0 unspecified atom stereocenters. The summed E-state index contributed by atoms with van der Waals surface area (Å²) in [4.78, 5) is 21.5. The van der Waals surface area contributed by atoms with Crippen molar-refractivity contribution in [3.63, 3.8) is 0 Å². The van der Waals surface area contributed by atoms with Gasteiger partial charge in [0.15, 0.2) is 11.5 Å². The second-order valence-corrected chi connectivity index (χ2v) is 3.61. The fourth-order valence-corrected chi connectivity index (χ4v) is 1.46. The summed E-state index contributed by atoms with van der Waals surface area (Å²) < 4.78 is 14.9. The van der Waals surface area contributed by atoms with Gasteiger partial charge >= 0.3 is 5.97 Å². The molecule has 0 heterocycles. The molecule has 0 bridgehead atoms. The fourth-order valence-electron chi connectivity index (χ4n) is 1.46. The number of nitro benzene ring substituents is 1. The van der Waals surface area contributed by atoms with Gasteiger partial charge < -0.3 is 14.2 Å². The van der Waals surface area contributed by atoms with E-state index in [1.54, 1.807) is 6.92 Å². The van der Waals surface area contributed by atoms with Gasteiger partial charge in [0, 0.05) is 6.42 Å². The Morgan fingerprint density at radius 1 is 1.26 bits per heavy atom. The van der Waals surface area contributed by atoms with Crippen molar-refractivity contribution in [3.05, 3.63) is 27.8 Å². The Bertz CT molecular complexity index is 485. The minimum absolute atomic E-state index is 0.177. The summed E-state index contributed by atoms with van der Waals surface area (Å²) in [6.45, 7) is 1.47. The molecular formula is C12H15NO6. The van der Waals surface area contributed by atoms with Crippen LogP contribution in [0.15, 0.2) is 12.1 Å². The fraction of sp³-hybridized carbons (Fsp3) is 0.417. The van der Waals surface area contributed by atoms with Gasteiger partial charge in [0.2, 0.25) is 0 Å². The smallest absolute Gasteiger partial charge is 0.305 e. The van der Waals surface area contributed by atoms with Crippen LogP contribution >= 0.6 is 0 Å².